The molecule has 0 spiro atoms. The standard InChI is InChI=1S/C17H15Cl2N3O2S/c1-23-15-8-3-2-7-14(15)22-11-20-21-17(22)25-10-9-24-16-12(18)5-4-6-13(16)19/h2-8,11H,9-10H2,1H3. The normalized spacial score (nSPS) is 10.7. The molecule has 3 aromatic rings. The number of thioether (sulfide) groups is 1. The Kier molecular flexibility index (Phi) is 6.07. The van der Waals surface area contributed by atoms with E-state index in [1.165, 1.54) is 11.8 Å². The van der Waals surface area contributed by atoms with Crippen LogP contribution < -0.4 is 9.47 Å². The zero-order chi connectivity index (χ0) is 17.6. The molecule has 2 aromatic carbocycles. The highest BCUT2D eigenvalue weighted by atomic mass is 35.5. The predicted octanol–water partition coefficient (Wildman–Crippen LogP) is 4.75. The van der Waals surface area contributed by atoms with Gasteiger partial charge in [0.1, 0.15) is 12.1 Å². The highest BCUT2D eigenvalue weighted by Gasteiger charge is 2.12. The second kappa shape index (κ2) is 8.47. The maximum absolute atomic E-state index is 6.09. The predicted molar refractivity (Wildman–Crippen MR) is 101 cm³/mol. The molecule has 0 fully saturated rings. The van der Waals surface area contributed by atoms with Gasteiger partial charge in [-0.15, -0.1) is 10.2 Å². The van der Waals surface area contributed by atoms with Gasteiger partial charge in [-0.1, -0.05) is 53.2 Å². The van der Waals surface area contributed by atoms with Gasteiger partial charge in [0, 0.05) is 5.75 Å². The van der Waals surface area contributed by atoms with Crippen LogP contribution in [-0.4, -0.2) is 34.2 Å². The van der Waals surface area contributed by atoms with Crippen molar-refractivity contribution in [3.05, 3.63) is 58.8 Å². The maximum Gasteiger partial charge on any atom is 0.195 e. The molecule has 0 aliphatic rings. The fourth-order valence-electron chi connectivity index (χ4n) is 2.21. The van der Waals surface area contributed by atoms with Crippen molar-refractivity contribution < 1.29 is 9.47 Å². The van der Waals surface area contributed by atoms with Gasteiger partial charge >= 0.3 is 0 Å². The molecule has 0 amide bonds. The van der Waals surface area contributed by atoms with E-state index >= 15 is 0 Å². The lowest BCUT2D eigenvalue weighted by Crippen LogP contribution is -2.03. The minimum atomic E-state index is 0.437. The molecule has 0 saturated heterocycles. The van der Waals surface area contributed by atoms with Crippen LogP contribution in [0.25, 0.3) is 5.69 Å². The van der Waals surface area contributed by atoms with E-state index in [4.69, 9.17) is 32.7 Å². The number of para-hydroxylation sites is 3. The van der Waals surface area contributed by atoms with Gasteiger partial charge < -0.3 is 9.47 Å². The summed E-state index contributed by atoms with van der Waals surface area (Å²) in [4.78, 5) is 0. The van der Waals surface area contributed by atoms with E-state index in [2.05, 4.69) is 10.2 Å². The van der Waals surface area contributed by atoms with Crippen LogP contribution in [0.3, 0.4) is 0 Å². The Morgan fingerprint density at radius 2 is 1.84 bits per heavy atom. The minimum Gasteiger partial charge on any atom is -0.495 e. The number of halogens is 2. The molecule has 25 heavy (non-hydrogen) atoms. The molecular formula is C17H15Cl2N3O2S. The largest absolute Gasteiger partial charge is 0.495 e. The first-order valence-electron chi connectivity index (χ1n) is 7.43. The van der Waals surface area contributed by atoms with Crippen LogP contribution in [0.4, 0.5) is 0 Å². The lowest BCUT2D eigenvalue weighted by Gasteiger charge is -2.11. The van der Waals surface area contributed by atoms with E-state index in [0.717, 1.165) is 16.6 Å². The molecule has 0 radical (unpaired) electrons. The summed E-state index contributed by atoms with van der Waals surface area (Å²) >= 11 is 13.7. The molecule has 0 N–H and O–H groups in total. The molecule has 0 aliphatic carbocycles. The zero-order valence-electron chi connectivity index (χ0n) is 13.4. The molecule has 0 saturated carbocycles. The third-order valence-electron chi connectivity index (χ3n) is 3.34. The summed E-state index contributed by atoms with van der Waals surface area (Å²) in [5, 5.41) is 9.89. The van der Waals surface area contributed by atoms with Crippen LogP contribution >= 0.6 is 35.0 Å². The number of nitrogens with zero attached hydrogens (tertiary/aromatic N) is 3. The molecule has 0 unspecified atom stereocenters. The highest BCUT2D eigenvalue weighted by molar-refractivity contribution is 7.99. The first-order chi connectivity index (χ1) is 12.2. The Morgan fingerprint density at radius 3 is 2.60 bits per heavy atom. The van der Waals surface area contributed by atoms with Gasteiger partial charge in [-0.25, -0.2) is 0 Å². The summed E-state index contributed by atoms with van der Waals surface area (Å²) in [6.07, 6.45) is 1.66. The first-order valence-corrected chi connectivity index (χ1v) is 9.18. The van der Waals surface area contributed by atoms with E-state index in [9.17, 15) is 0 Å². The van der Waals surface area contributed by atoms with Gasteiger partial charge in [-0.2, -0.15) is 0 Å². The molecule has 1 aromatic heterocycles. The minimum absolute atomic E-state index is 0.437. The van der Waals surface area contributed by atoms with Crippen molar-refractivity contribution in [3.63, 3.8) is 0 Å². The average Bonchev–Trinajstić information content (AvgIpc) is 3.09. The maximum atomic E-state index is 6.09. The first kappa shape index (κ1) is 17.9. The molecule has 1 heterocycles. The number of benzene rings is 2. The smallest absolute Gasteiger partial charge is 0.195 e. The van der Waals surface area contributed by atoms with Gasteiger partial charge in [0.2, 0.25) is 0 Å². The molecule has 0 aliphatic heterocycles. The van der Waals surface area contributed by atoms with Crippen molar-refractivity contribution in [2.45, 2.75) is 5.16 Å². The monoisotopic (exact) mass is 395 g/mol. The topological polar surface area (TPSA) is 49.2 Å². The number of aromatic nitrogens is 3. The van der Waals surface area contributed by atoms with Gasteiger partial charge in [0.15, 0.2) is 10.9 Å². The van der Waals surface area contributed by atoms with Crippen LogP contribution in [0, 0.1) is 0 Å². The molecule has 8 heteroatoms. The van der Waals surface area contributed by atoms with E-state index in [1.807, 2.05) is 28.8 Å². The zero-order valence-corrected chi connectivity index (χ0v) is 15.7. The van der Waals surface area contributed by atoms with Gasteiger partial charge in [0.05, 0.1) is 29.4 Å². The summed E-state index contributed by atoms with van der Waals surface area (Å²) in [6.45, 7) is 0.437. The summed E-state index contributed by atoms with van der Waals surface area (Å²) in [5.41, 5.74) is 0.882. The lowest BCUT2D eigenvalue weighted by atomic mass is 10.3. The van der Waals surface area contributed by atoms with Crippen molar-refractivity contribution in [1.29, 1.82) is 0 Å². The molecule has 3 rings (SSSR count). The molecule has 0 atom stereocenters. The van der Waals surface area contributed by atoms with E-state index in [1.54, 1.807) is 31.6 Å². The van der Waals surface area contributed by atoms with Crippen LogP contribution in [0.1, 0.15) is 0 Å². The number of methoxy groups -OCH3 is 1. The van der Waals surface area contributed by atoms with Crippen molar-refractivity contribution in [3.8, 4) is 17.2 Å². The van der Waals surface area contributed by atoms with Crippen molar-refractivity contribution >= 4 is 35.0 Å². The Morgan fingerprint density at radius 1 is 1.08 bits per heavy atom. The Bertz CT molecular complexity index is 837. The summed E-state index contributed by atoms with van der Waals surface area (Å²) in [5.74, 6) is 1.91. The third kappa shape index (κ3) is 4.21. The third-order valence-corrected chi connectivity index (χ3v) is 4.84. The van der Waals surface area contributed by atoms with E-state index in [0.29, 0.717) is 28.2 Å². The molecule has 5 nitrogen and oxygen atoms in total. The van der Waals surface area contributed by atoms with Crippen molar-refractivity contribution in [1.82, 2.24) is 14.8 Å². The van der Waals surface area contributed by atoms with E-state index in [-0.39, 0.29) is 0 Å². The SMILES string of the molecule is COc1ccccc1-n1cnnc1SCCOc1c(Cl)cccc1Cl. The fraction of sp³-hybridized carbons (Fsp3) is 0.176. The molecular weight excluding hydrogens is 381 g/mol. The summed E-state index contributed by atoms with van der Waals surface area (Å²) in [6, 6.07) is 13.0. The Balaban J connectivity index is 1.65. The van der Waals surface area contributed by atoms with Gasteiger partial charge in [-0.05, 0) is 24.3 Å². The van der Waals surface area contributed by atoms with Crippen molar-refractivity contribution in [2.24, 2.45) is 0 Å². The van der Waals surface area contributed by atoms with Crippen LogP contribution in [0.2, 0.25) is 10.0 Å². The lowest BCUT2D eigenvalue weighted by molar-refractivity contribution is 0.344. The molecule has 0 bridgehead atoms. The highest BCUT2D eigenvalue weighted by Crippen LogP contribution is 2.32. The fourth-order valence-corrected chi connectivity index (χ4v) is 3.46. The Labute approximate surface area is 159 Å². The number of hydrogen-bond acceptors (Lipinski definition) is 5. The van der Waals surface area contributed by atoms with Crippen molar-refractivity contribution in [2.75, 3.05) is 19.5 Å². The Hall–Kier alpha value is -1.89. The van der Waals surface area contributed by atoms with E-state index < -0.39 is 0 Å². The van der Waals surface area contributed by atoms with Crippen LogP contribution in [0.5, 0.6) is 11.5 Å². The van der Waals surface area contributed by atoms with Crippen LogP contribution in [0.15, 0.2) is 53.9 Å². The molecule has 130 valence electrons. The second-order valence-electron chi connectivity index (χ2n) is 4.90. The average molecular weight is 396 g/mol. The van der Waals surface area contributed by atoms with Gasteiger partial charge in [-0.3, -0.25) is 4.57 Å². The van der Waals surface area contributed by atoms with Gasteiger partial charge in [0.25, 0.3) is 0 Å². The number of ether oxygens (including phenoxy) is 2. The second-order valence-corrected chi connectivity index (χ2v) is 6.78. The summed E-state index contributed by atoms with van der Waals surface area (Å²) in [7, 11) is 1.64. The number of hydrogen-bond donors (Lipinski definition) is 0. The number of rotatable bonds is 7. The quantitative estimate of drug-likeness (QED) is 0.426. The van der Waals surface area contributed by atoms with Crippen LogP contribution in [-0.2, 0) is 0 Å². The summed E-state index contributed by atoms with van der Waals surface area (Å²) < 4.78 is 13.0.